The van der Waals surface area contributed by atoms with Crippen molar-refractivity contribution < 1.29 is 9.21 Å². The normalized spacial score (nSPS) is 12.2. The van der Waals surface area contributed by atoms with E-state index in [-0.39, 0.29) is 6.03 Å². The third-order valence-electron chi connectivity index (χ3n) is 3.88. The fourth-order valence-corrected chi connectivity index (χ4v) is 2.61. The van der Waals surface area contributed by atoms with Gasteiger partial charge in [0, 0.05) is 37.9 Å². The molecule has 126 valence electrons. The monoisotopic (exact) mass is 326 g/mol. The van der Waals surface area contributed by atoms with Crippen LogP contribution < -0.4 is 5.32 Å². The lowest BCUT2D eigenvalue weighted by Crippen LogP contribution is -2.39. The lowest BCUT2D eigenvalue weighted by molar-refractivity contribution is 0.201. The van der Waals surface area contributed by atoms with Gasteiger partial charge in [0.15, 0.2) is 0 Å². The van der Waals surface area contributed by atoms with Gasteiger partial charge in [-0.3, -0.25) is 4.68 Å². The van der Waals surface area contributed by atoms with Crippen LogP contribution in [0.1, 0.15) is 12.7 Å². The molecule has 0 fully saturated rings. The number of aromatic nitrogens is 2. The van der Waals surface area contributed by atoms with E-state index in [9.17, 15) is 4.79 Å². The zero-order chi connectivity index (χ0) is 16.9. The maximum Gasteiger partial charge on any atom is 0.317 e. The molecule has 0 aliphatic rings. The predicted molar refractivity (Wildman–Crippen MR) is 92.5 cm³/mol. The SMILES string of the molecule is C[C@H](CNC(=O)N(C)Cc1cc2ccccc2o1)Cn1cccn1. The highest BCUT2D eigenvalue weighted by Crippen LogP contribution is 2.19. The third kappa shape index (κ3) is 3.95. The van der Waals surface area contributed by atoms with Crippen LogP contribution in [0.25, 0.3) is 11.0 Å². The van der Waals surface area contributed by atoms with Gasteiger partial charge in [0.1, 0.15) is 11.3 Å². The molecular weight excluding hydrogens is 304 g/mol. The van der Waals surface area contributed by atoms with E-state index in [2.05, 4.69) is 17.3 Å². The molecule has 2 aromatic heterocycles. The molecule has 2 amide bonds. The number of rotatable bonds is 6. The number of carbonyl (C=O) groups excluding carboxylic acids is 1. The van der Waals surface area contributed by atoms with Crippen LogP contribution in [0.2, 0.25) is 0 Å². The summed E-state index contributed by atoms with van der Waals surface area (Å²) >= 11 is 0. The number of carbonyl (C=O) groups is 1. The second kappa shape index (κ2) is 7.21. The van der Waals surface area contributed by atoms with Crippen LogP contribution in [0.4, 0.5) is 4.79 Å². The predicted octanol–water partition coefficient (Wildman–Crippen LogP) is 3.11. The number of nitrogens with one attached hydrogen (secondary N) is 1. The summed E-state index contributed by atoms with van der Waals surface area (Å²) in [6, 6.07) is 11.6. The lowest BCUT2D eigenvalue weighted by atomic mass is 10.2. The Labute approximate surface area is 141 Å². The third-order valence-corrected chi connectivity index (χ3v) is 3.88. The number of urea groups is 1. The van der Waals surface area contributed by atoms with Crippen LogP contribution in [0.3, 0.4) is 0 Å². The summed E-state index contributed by atoms with van der Waals surface area (Å²) in [5.41, 5.74) is 0.842. The van der Waals surface area contributed by atoms with Gasteiger partial charge in [-0.05, 0) is 24.1 Å². The van der Waals surface area contributed by atoms with Crippen molar-refractivity contribution >= 4 is 17.0 Å². The van der Waals surface area contributed by atoms with Gasteiger partial charge in [-0.2, -0.15) is 5.10 Å². The van der Waals surface area contributed by atoms with E-state index in [0.717, 1.165) is 23.3 Å². The zero-order valence-electron chi connectivity index (χ0n) is 14.0. The van der Waals surface area contributed by atoms with Crippen molar-refractivity contribution in [3.63, 3.8) is 0 Å². The van der Waals surface area contributed by atoms with Gasteiger partial charge in [-0.15, -0.1) is 0 Å². The molecule has 1 aromatic carbocycles. The van der Waals surface area contributed by atoms with Crippen LogP contribution >= 0.6 is 0 Å². The summed E-state index contributed by atoms with van der Waals surface area (Å²) in [6.07, 6.45) is 3.68. The van der Waals surface area contributed by atoms with E-state index in [0.29, 0.717) is 19.0 Å². The average molecular weight is 326 g/mol. The smallest absolute Gasteiger partial charge is 0.317 e. The maximum absolute atomic E-state index is 12.2. The second-order valence-electron chi connectivity index (χ2n) is 6.13. The molecule has 0 saturated carbocycles. The van der Waals surface area contributed by atoms with Crippen molar-refractivity contribution in [3.05, 3.63) is 54.6 Å². The minimum absolute atomic E-state index is 0.109. The van der Waals surface area contributed by atoms with Crippen molar-refractivity contribution in [3.8, 4) is 0 Å². The lowest BCUT2D eigenvalue weighted by Gasteiger charge is -2.19. The molecule has 0 unspecified atom stereocenters. The Morgan fingerprint density at radius 3 is 2.96 bits per heavy atom. The Morgan fingerprint density at radius 2 is 2.21 bits per heavy atom. The van der Waals surface area contributed by atoms with Gasteiger partial charge in [-0.25, -0.2) is 4.79 Å². The number of benzene rings is 1. The molecule has 24 heavy (non-hydrogen) atoms. The van der Waals surface area contributed by atoms with Crippen molar-refractivity contribution in [2.24, 2.45) is 5.92 Å². The first-order valence-corrected chi connectivity index (χ1v) is 8.05. The molecule has 0 radical (unpaired) electrons. The van der Waals surface area contributed by atoms with Crippen LogP contribution in [0, 0.1) is 5.92 Å². The molecule has 0 bridgehead atoms. The van der Waals surface area contributed by atoms with Crippen molar-refractivity contribution in [2.75, 3.05) is 13.6 Å². The number of hydrogen-bond donors (Lipinski definition) is 1. The first kappa shape index (κ1) is 16.1. The molecule has 0 aliphatic heterocycles. The number of fused-ring (bicyclic) bond motifs is 1. The van der Waals surface area contributed by atoms with E-state index >= 15 is 0 Å². The average Bonchev–Trinajstić information content (AvgIpc) is 3.21. The molecule has 3 aromatic rings. The Balaban J connectivity index is 1.49. The number of furan rings is 1. The van der Waals surface area contributed by atoms with Crippen LogP contribution in [-0.2, 0) is 13.1 Å². The number of amides is 2. The van der Waals surface area contributed by atoms with Gasteiger partial charge < -0.3 is 14.6 Å². The minimum atomic E-state index is -0.109. The molecule has 1 N–H and O–H groups in total. The first-order chi connectivity index (χ1) is 11.6. The van der Waals surface area contributed by atoms with Crippen molar-refractivity contribution in [2.45, 2.75) is 20.0 Å². The Morgan fingerprint density at radius 1 is 1.38 bits per heavy atom. The molecule has 6 nitrogen and oxygen atoms in total. The largest absolute Gasteiger partial charge is 0.459 e. The van der Waals surface area contributed by atoms with Gasteiger partial charge in [-0.1, -0.05) is 25.1 Å². The zero-order valence-corrected chi connectivity index (χ0v) is 14.0. The topological polar surface area (TPSA) is 63.3 Å². The highest BCUT2D eigenvalue weighted by Gasteiger charge is 2.13. The summed E-state index contributed by atoms with van der Waals surface area (Å²) in [5.74, 6) is 1.08. The Hall–Kier alpha value is -2.76. The summed E-state index contributed by atoms with van der Waals surface area (Å²) in [6.45, 7) is 3.90. The number of nitrogens with zero attached hydrogens (tertiary/aromatic N) is 3. The van der Waals surface area contributed by atoms with E-state index in [1.165, 1.54) is 0 Å². The second-order valence-corrected chi connectivity index (χ2v) is 6.13. The molecule has 1 atom stereocenters. The molecule has 0 aliphatic carbocycles. The summed E-state index contributed by atoms with van der Waals surface area (Å²) in [4.78, 5) is 13.8. The standard InChI is InChI=1S/C18H22N4O2/c1-14(12-22-9-5-8-20-22)11-19-18(23)21(2)13-16-10-15-6-3-4-7-17(15)24-16/h3-10,14H,11-13H2,1-2H3,(H,19,23)/t14-/m1/s1. The van der Waals surface area contributed by atoms with Gasteiger partial charge >= 0.3 is 6.03 Å². The maximum atomic E-state index is 12.2. The number of hydrogen-bond acceptors (Lipinski definition) is 3. The molecule has 3 rings (SSSR count). The molecule has 0 saturated heterocycles. The quantitative estimate of drug-likeness (QED) is 0.757. The van der Waals surface area contributed by atoms with Gasteiger partial charge in [0.2, 0.25) is 0 Å². The molecular formula is C18H22N4O2. The van der Waals surface area contributed by atoms with Crippen molar-refractivity contribution in [1.29, 1.82) is 0 Å². The van der Waals surface area contributed by atoms with Crippen LogP contribution in [0.5, 0.6) is 0 Å². The summed E-state index contributed by atoms with van der Waals surface area (Å²) in [5, 5.41) is 8.18. The highest BCUT2D eigenvalue weighted by atomic mass is 16.3. The Kier molecular flexibility index (Phi) is 4.84. The highest BCUT2D eigenvalue weighted by molar-refractivity contribution is 5.78. The van der Waals surface area contributed by atoms with Gasteiger partial charge in [0.25, 0.3) is 0 Å². The van der Waals surface area contributed by atoms with E-state index in [1.807, 2.05) is 47.3 Å². The van der Waals surface area contributed by atoms with Crippen molar-refractivity contribution in [1.82, 2.24) is 20.0 Å². The molecule has 6 heteroatoms. The van der Waals surface area contributed by atoms with E-state index in [1.54, 1.807) is 18.1 Å². The van der Waals surface area contributed by atoms with Crippen LogP contribution in [-0.4, -0.2) is 34.3 Å². The molecule has 0 spiro atoms. The van der Waals surface area contributed by atoms with E-state index in [4.69, 9.17) is 4.42 Å². The summed E-state index contributed by atoms with van der Waals surface area (Å²) in [7, 11) is 1.76. The van der Waals surface area contributed by atoms with Gasteiger partial charge in [0.05, 0.1) is 6.54 Å². The summed E-state index contributed by atoms with van der Waals surface area (Å²) < 4.78 is 7.62. The van der Waals surface area contributed by atoms with Crippen LogP contribution in [0.15, 0.2) is 53.2 Å². The fourth-order valence-electron chi connectivity index (χ4n) is 2.61. The van der Waals surface area contributed by atoms with E-state index < -0.39 is 0 Å². The minimum Gasteiger partial charge on any atom is -0.459 e. The number of para-hydroxylation sites is 1. The first-order valence-electron chi connectivity index (χ1n) is 8.05. The molecule has 2 heterocycles. The Bertz CT molecular complexity index is 761. The fraction of sp³-hybridized carbons (Fsp3) is 0.333.